The average Bonchev–Trinajstić information content (AvgIpc) is 2.44. The molecule has 1 atom stereocenters. The summed E-state index contributed by atoms with van der Waals surface area (Å²) in [5, 5.41) is 3.27. The first-order valence-corrected chi connectivity index (χ1v) is 8.31. The number of methoxy groups -OCH3 is 1. The minimum Gasteiger partial charge on any atom is -0.385 e. The van der Waals surface area contributed by atoms with E-state index in [1.54, 1.807) is 25.3 Å². The molecule has 0 bridgehead atoms. The Bertz CT molecular complexity index is 503. The van der Waals surface area contributed by atoms with Gasteiger partial charge in [0.2, 0.25) is 10.0 Å². The number of rotatable bonds is 9. The first-order chi connectivity index (χ1) is 9.51. The predicted octanol–water partition coefficient (Wildman–Crippen LogP) is 1.67. The molecule has 1 unspecified atom stereocenters. The van der Waals surface area contributed by atoms with Crippen LogP contribution in [0.1, 0.15) is 31.9 Å². The summed E-state index contributed by atoms with van der Waals surface area (Å²) in [7, 11) is -1.85. The molecule has 0 spiro atoms. The Morgan fingerprint density at radius 1 is 1.35 bits per heavy atom. The molecule has 20 heavy (non-hydrogen) atoms. The van der Waals surface area contributed by atoms with E-state index in [-0.39, 0.29) is 6.04 Å². The van der Waals surface area contributed by atoms with Gasteiger partial charge < -0.3 is 10.1 Å². The highest BCUT2D eigenvalue weighted by Crippen LogP contribution is 2.17. The molecule has 0 amide bonds. The summed E-state index contributed by atoms with van der Waals surface area (Å²) < 4.78 is 31.8. The van der Waals surface area contributed by atoms with Gasteiger partial charge in [0.25, 0.3) is 0 Å². The van der Waals surface area contributed by atoms with Crippen LogP contribution in [0.5, 0.6) is 0 Å². The standard InChI is InChI=1S/C14H24N2O3S/c1-4-15-12(2)13-7-5-8-14(11-13)20(17,18)16-9-6-10-19-3/h5,7-8,11-12,15-16H,4,6,9-10H2,1-3H3. The zero-order valence-corrected chi connectivity index (χ0v) is 13.2. The molecule has 1 rings (SSSR count). The van der Waals surface area contributed by atoms with Crippen LogP contribution in [0.4, 0.5) is 0 Å². The molecule has 0 aromatic heterocycles. The quantitative estimate of drug-likeness (QED) is 0.681. The van der Waals surface area contributed by atoms with Crippen molar-refractivity contribution < 1.29 is 13.2 Å². The molecule has 6 heteroatoms. The van der Waals surface area contributed by atoms with Crippen molar-refractivity contribution in [3.8, 4) is 0 Å². The Labute approximate surface area is 121 Å². The average molecular weight is 300 g/mol. The van der Waals surface area contributed by atoms with E-state index in [4.69, 9.17) is 4.74 Å². The van der Waals surface area contributed by atoms with Gasteiger partial charge >= 0.3 is 0 Å². The van der Waals surface area contributed by atoms with Crippen LogP contribution < -0.4 is 10.0 Å². The van der Waals surface area contributed by atoms with Crippen molar-refractivity contribution in [2.75, 3.05) is 26.8 Å². The van der Waals surface area contributed by atoms with E-state index in [0.717, 1.165) is 12.1 Å². The third-order valence-corrected chi connectivity index (χ3v) is 4.45. The molecule has 0 aliphatic heterocycles. The first kappa shape index (κ1) is 17.1. The highest BCUT2D eigenvalue weighted by molar-refractivity contribution is 7.89. The lowest BCUT2D eigenvalue weighted by molar-refractivity contribution is 0.196. The van der Waals surface area contributed by atoms with Gasteiger partial charge in [-0.15, -0.1) is 0 Å². The van der Waals surface area contributed by atoms with Crippen molar-refractivity contribution in [2.24, 2.45) is 0 Å². The van der Waals surface area contributed by atoms with Crippen LogP contribution in [-0.2, 0) is 14.8 Å². The SMILES string of the molecule is CCNC(C)c1cccc(S(=O)(=O)NCCCOC)c1. The Morgan fingerprint density at radius 2 is 2.10 bits per heavy atom. The molecule has 0 heterocycles. The molecule has 0 fully saturated rings. The van der Waals surface area contributed by atoms with Crippen LogP contribution in [0.3, 0.4) is 0 Å². The van der Waals surface area contributed by atoms with Crippen molar-refractivity contribution >= 4 is 10.0 Å². The molecular formula is C14H24N2O3S. The zero-order chi connectivity index (χ0) is 15.0. The van der Waals surface area contributed by atoms with Crippen molar-refractivity contribution in [2.45, 2.75) is 31.2 Å². The van der Waals surface area contributed by atoms with E-state index in [1.165, 1.54) is 0 Å². The van der Waals surface area contributed by atoms with Gasteiger partial charge in [-0.2, -0.15) is 0 Å². The van der Waals surface area contributed by atoms with Gasteiger partial charge in [-0.1, -0.05) is 19.1 Å². The summed E-state index contributed by atoms with van der Waals surface area (Å²) in [5.41, 5.74) is 0.964. The van der Waals surface area contributed by atoms with Crippen LogP contribution in [0.15, 0.2) is 29.2 Å². The normalized spacial score (nSPS) is 13.3. The molecule has 0 radical (unpaired) electrons. The number of sulfonamides is 1. The minimum atomic E-state index is -3.45. The molecule has 0 saturated heterocycles. The molecule has 0 aliphatic carbocycles. The van der Waals surface area contributed by atoms with Crippen molar-refractivity contribution in [3.05, 3.63) is 29.8 Å². The Hall–Kier alpha value is -0.950. The Balaban J connectivity index is 2.77. The lowest BCUT2D eigenvalue weighted by atomic mass is 10.1. The molecule has 114 valence electrons. The van der Waals surface area contributed by atoms with Crippen molar-refractivity contribution in [1.29, 1.82) is 0 Å². The molecule has 5 nitrogen and oxygen atoms in total. The van der Waals surface area contributed by atoms with E-state index in [0.29, 0.717) is 24.5 Å². The maximum atomic E-state index is 12.2. The highest BCUT2D eigenvalue weighted by atomic mass is 32.2. The van der Waals surface area contributed by atoms with Gasteiger partial charge in [0.15, 0.2) is 0 Å². The lowest BCUT2D eigenvalue weighted by Gasteiger charge is -2.14. The summed E-state index contributed by atoms with van der Waals surface area (Å²) in [6.07, 6.45) is 0.656. The van der Waals surface area contributed by atoms with Crippen LogP contribution in [0.25, 0.3) is 0 Å². The van der Waals surface area contributed by atoms with E-state index in [2.05, 4.69) is 10.0 Å². The van der Waals surface area contributed by atoms with Crippen LogP contribution in [-0.4, -0.2) is 35.2 Å². The van der Waals surface area contributed by atoms with Gasteiger partial charge in [0.05, 0.1) is 4.90 Å². The molecule has 1 aromatic rings. The summed E-state index contributed by atoms with van der Waals surface area (Å²) in [5.74, 6) is 0. The predicted molar refractivity (Wildman–Crippen MR) is 80.2 cm³/mol. The Kier molecular flexibility index (Phi) is 7.15. The molecule has 0 saturated carbocycles. The largest absolute Gasteiger partial charge is 0.385 e. The monoisotopic (exact) mass is 300 g/mol. The van der Waals surface area contributed by atoms with Crippen LogP contribution in [0, 0.1) is 0 Å². The third kappa shape index (κ3) is 5.20. The van der Waals surface area contributed by atoms with Crippen LogP contribution in [0.2, 0.25) is 0 Å². The highest BCUT2D eigenvalue weighted by Gasteiger charge is 2.15. The maximum absolute atomic E-state index is 12.2. The lowest BCUT2D eigenvalue weighted by Crippen LogP contribution is -2.26. The fourth-order valence-electron chi connectivity index (χ4n) is 1.88. The number of nitrogens with one attached hydrogen (secondary N) is 2. The fourth-order valence-corrected chi connectivity index (χ4v) is 3.01. The molecular weight excluding hydrogens is 276 g/mol. The third-order valence-electron chi connectivity index (χ3n) is 3.00. The number of ether oxygens (including phenoxy) is 1. The summed E-state index contributed by atoms with van der Waals surface area (Å²) >= 11 is 0. The minimum absolute atomic E-state index is 0.128. The summed E-state index contributed by atoms with van der Waals surface area (Å²) in [6, 6.07) is 7.15. The van der Waals surface area contributed by atoms with E-state index < -0.39 is 10.0 Å². The zero-order valence-electron chi connectivity index (χ0n) is 12.3. The summed E-state index contributed by atoms with van der Waals surface area (Å²) in [6.45, 7) is 5.80. The van der Waals surface area contributed by atoms with Gasteiger partial charge in [-0.05, 0) is 37.6 Å². The number of hydrogen-bond acceptors (Lipinski definition) is 4. The fraction of sp³-hybridized carbons (Fsp3) is 0.571. The van der Waals surface area contributed by atoms with Gasteiger partial charge in [0.1, 0.15) is 0 Å². The van der Waals surface area contributed by atoms with Crippen molar-refractivity contribution in [3.63, 3.8) is 0 Å². The summed E-state index contributed by atoms with van der Waals surface area (Å²) in [4.78, 5) is 0.303. The molecule has 0 aliphatic rings. The maximum Gasteiger partial charge on any atom is 0.240 e. The second-order valence-corrected chi connectivity index (χ2v) is 6.36. The van der Waals surface area contributed by atoms with Crippen molar-refractivity contribution in [1.82, 2.24) is 10.0 Å². The van der Waals surface area contributed by atoms with E-state index in [9.17, 15) is 8.42 Å². The van der Waals surface area contributed by atoms with E-state index >= 15 is 0 Å². The number of benzene rings is 1. The van der Waals surface area contributed by atoms with Crippen LogP contribution >= 0.6 is 0 Å². The Morgan fingerprint density at radius 3 is 2.75 bits per heavy atom. The topological polar surface area (TPSA) is 67.4 Å². The van der Waals surface area contributed by atoms with Gasteiger partial charge in [-0.3, -0.25) is 0 Å². The van der Waals surface area contributed by atoms with Gasteiger partial charge in [0, 0.05) is 26.3 Å². The molecule has 1 aromatic carbocycles. The van der Waals surface area contributed by atoms with Gasteiger partial charge in [-0.25, -0.2) is 13.1 Å². The second kappa shape index (κ2) is 8.36. The number of hydrogen-bond donors (Lipinski definition) is 2. The smallest absolute Gasteiger partial charge is 0.240 e. The van der Waals surface area contributed by atoms with E-state index in [1.807, 2.05) is 19.9 Å². The first-order valence-electron chi connectivity index (χ1n) is 6.83. The molecule has 2 N–H and O–H groups in total. The second-order valence-electron chi connectivity index (χ2n) is 4.60.